The molecule has 0 bridgehead atoms. The maximum atomic E-state index is 11.9. The molecule has 0 radical (unpaired) electrons. The summed E-state index contributed by atoms with van der Waals surface area (Å²) in [6.07, 6.45) is 0.126. The van der Waals surface area contributed by atoms with E-state index in [1.165, 1.54) is 0 Å². The van der Waals surface area contributed by atoms with Gasteiger partial charge >= 0.3 is 5.97 Å². The van der Waals surface area contributed by atoms with Crippen molar-refractivity contribution in [1.29, 1.82) is 5.26 Å². The van der Waals surface area contributed by atoms with Crippen molar-refractivity contribution in [3.8, 4) is 6.07 Å². The molecular formula is C13H16N2O4S. The summed E-state index contributed by atoms with van der Waals surface area (Å²) in [5, 5.41) is 16.7. The second-order valence-electron chi connectivity index (χ2n) is 4.27. The highest BCUT2D eigenvalue weighted by atomic mass is 32.2. The minimum atomic E-state index is -3.98. The Balaban J connectivity index is 2.89. The molecular weight excluding hydrogens is 280 g/mol. The summed E-state index contributed by atoms with van der Waals surface area (Å²) in [5.74, 6) is -1.27. The first kappa shape index (κ1) is 16.1. The smallest absolute Gasteiger partial charge is 0.322 e. The molecule has 0 spiro atoms. The van der Waals surface area contributed by atoms with Gasteiger partial charge in [-0.05, 0) is 18.4 Å². The van der Waals surface area contributed by atoms with E-state index in [1.807, 2.05) is 0 Å². The Kier molecular flexibility index (Phi) is 5.67. The van der Waals surface area contributed by atoms with Crippen molar-refractivity contribution < 1.29 is 18.3 Å². The molecule has 0 aromatic heterocycles. The van der Waals surface area contributed by atoms with Gasteiger partial charge in [-0.2, -0.15) is 9.98 Å². The largest absolute Gasteiger partial charge is 0.480 e. The van der Waals surface area contributed by atoms with Crippen LogP contribution in [0.3, 0.4) is 0 Å². The normalized spacial score (nSPS) is 14.2. The number of hydrogen-bond donors (Lipinski definition) is 2. The lowest BCUT2D eigenvalue weighted by Crippen LogP contribution is -2.45. The van der Waals surface area contributed by atoms with Crippen molar-refractivity contribution in [2.75, 3.05) is 0 Å². The van der Waals surface area contributed by atoms with Gasteiger partial charge in [0.15, 0.2) is 5.25 Å². The molecule has 1 rings (SSSR count). The highest BCUT2D eigenvalue weighted by molar-refractivity contribution is 7.90. The number of carbonyl (C=O) groups is 1. The van der Waals surface area contributed by atoms with E-state index in [4.69, 9.17) is 10.4 Å². The topological polar surface area (TPSA) is 107 Å². The third-order valence-electron chi connectivity index (χ3n) is 2.78. The summed E-state index contributed by atoms with van der Waals surface area (Å²) in [5.41, 5.74) is 0.701. The van der Waals surface area contributed by atoms with Gasteiger partial charge < -0.3 is 5.11 Å². The van der Waals surface area contributed by atoms with Crippen molar-refractivity contribution in [2.45, 2.75) is 31.1 Å². The molecule has 6 nitrogen and oxygen atoms in total. The fourth-order valence-electron chi connectivity index (χ4n) is 1.69. The second kappa shape index (κ2) is 7.03. The number of nitrogens with one attached hydrogen (secondary N) is 1. The van der Waals surface area contributed by atoms with Crippen LogP contribution in [0.15, 0.2) is 30.3 Å². The van der Waals surface area contributed by atoms with Gasteiger partial charge in [0.1, 0.15) is 6.04 Å². The summed E-state index contributed by atoms with van der Waals surface area (Å²) in [6, 6.07) is 9.07. The monoisotopic (exact) mass is 296 g/mol. The van der Waals surface area contributed by atoms with Crippen LogP contribution >= 0.6 is 0 Å². The Morgan fingerprint density at radius 2 is 2.00 bits per heavy atom. The Bertz CT molecular complexity index is 593. The molecule has 0 saturated heterocycles. The highest BCUT2D eigenvalue weighted by Gasteiger charge is 2.30. The average Bonchev–Trinajstić information content (AvgIpc) is 2.39. The van der Waals surface area contributed by atoms with E-state index in [0.717, 1.165) is 0 Å². The molecule has 2 N–H and O–H groups in total. The van der Waals surface area contributed by atoms with E-state index in [0.29, 0.717) is 5.56 Å². The van der Waals surface area contributed by atoms with Gasteiger partial charge in [0, 0.05) is 0 Å². The van der Waals surface area contributed by atoms with Crippen LogP contribution in [0.25, 0.3) is 0 Å². The number of sulfonamides is 1. The van der Waals surface area contributed by atoms with Crippen LogP contribution in [0.5, 0.6) is 0 Å². The van der Waals surface area contributed by atoms with Gasteiger partial charge in [-0.1, -0.05) is 37.3 Å². The first-order chi connectivity index (χ1) is 9.40. The zero-order valence-electron chi connectivity index (χ0n) is 11.0. The summed E-state index contributed by atoms with van der Waals surface area (Å²) >= 11 is 0. The predicted octanol–water partition coefficient (Wildman–Crippen LogP) is 0.904. The molecule has 0 heterocycles. The predicted molar refractivity (Wildman–Crippen MR) is 73.3 cm³/mol. The summed E-state index contributed by atoms with van der Waals surface area (Å²) in [4.78, 5) is 11.2. The van der Waals surface area contributed by atoms with Crippen LogP contribution in [-0.4, -0.2) is 30.8 Å². The van der Waals surface area contributed by atoms with Crippen LogP contribution in [-0.2, 0) is 21.2 Å². The van der Waals surface area contributed by atoms with Gasteiger partial charge in [-0.25, -0.2) is 8.42 Å². The fourth-order valence-corrected chi connectivity index (χ4v) is 3.01. The number of benzene rings is 1. The first-order valence-electron chi connectivity index (χ1n) is 6.08. The summed E-state index contributed by atoms with van der Waals surface area (Å²) in [6.45, 7) is 1.56. The number of nitriles is 1. The van der Waals surface area contributed by atoms with Gasteiger partial charge in [-0.15, -0.1) is 0 Å². The van der Waals surface area contributed by atoms with Gasteiger partial charge in [0.25, 0.3) is 0 Å². The molecule has 0 aliphatic rings. The summed E-state index contributed by atoms with van der Waals surface area (Å²) < 4.78 is 25.9. The third kappa shape index (κ3) is 4.33. The van der Waals surface area contributed by atoms with E-state index in [9.17, 15) is 13.2 Å². The lowest BCUT2D eigenvalue weighted by atomic mass is 10.1. The van der Waals surface area contributed by atoms with Gasteiger partial charge in [0.2, 0.25) is 10.0 Å². The molecule has 7 heteroatoms. The van der Waals surface area contributed by atoms with E-state index in [1.54, 1.807) is 43.3 Å². The summed E-state index contributed by atoms with van der Waals surface area (Å²) in [7, 11) is -3.98. The van der Waals surface area contributed by atoms with Crippen LogP contribution < -0.4 is 4.72 Å². The zero-order valence-corrected chi connectivity index (χ0v) is 11.8. The minimum Gasteiger partial charge on any atom is -0.480 e. The molecule has 1 aromatic rings. The first-order valence-corrected chi connectivity index (χ1v) is 7.62. The van der Waals surface area contributed by atoms with Crippen LogP contribution in [0, 0.1) is 11.3 Å². The molecule has 1 unspecified atom stereocenters. The van der Waals surface area contributed by atoms with Crippen molar-refractivity contribution >= 4 is 16.0 Å². The Hall–Kier alpha value is -1.91. The molecule has 0 fully saturated rings. The standard InChI is InChI=1S/C13H16N2O4S/c1-2-11(9-14)20(18,19)15-12(13(16)17)8-10-6-4-3-5-7-10/h3-7,11-12,15H,2,8H2,1H3,(H,16,17)/t11?,12-/m0/s1. The number of aliphatic carboxylic acids is 1. The molecule has 2 atom stereocenters. The minimum absolute atomic E-state index is 0.0251. The van der Waals surface area contributed by atoms with E-state index < -0.39 is 27.3 Å². The Morgan fingerprint density at radius 3 is 2.45 bits per heavy atom. The lowest BCUT2D eigenvalue weighted by molar-refractivity contribution is -0.138. The quantitative estimate of drug-likeness (QED) is 0.777. The number of nitrogens with zero attached hydrogens (tertiary/aromatic N) is 1. The molecule has 0 aliphatic heterocycles. The number of carboxylic acids is 1. The van der Waals surface area contributed by atoms with Crippen molar-refractivity contribution in [2.24, 2.45) is 0 Å². The number of hydrogen-bond acceptors (Lipinski definition) is 4. The Morgan fingerprint density at radius 1 is 1.40 bits per heavy atom. The van der Waals surface area contributed by atoms with Gasteiger partial charge in [-0.3, -0.25) is 4.79 Å². The molecule has 108 valence electrons. The molecule has 0 aliphatic carbocycles. The van der Waals surface area contributed by atoms with Crippen molar-refractivity contribution in [3.63, 3.8) is 0 Å². The highest BCUT2D eigenvalue weighted by Crippen LogP contribution is 2.08. The van der Waals surface area contributed by atoms with Crippen molar-refractivity contribution in [3.05, 3.63) is 35.9 Å². The Labute approximate surface area is 118 Å². The molecule has 1 aromatic carbocycles. The van der Waals surface area contributed by atoms with Gasteiger partial charge in [0.05, 0.1) is 6.07 Å². The lowest BCUT2D eigenvalue weighted by Gasteiger charge is -2.16. The van der Waals surface area contributed by atoms with Crippen LogP contribution in [0.2, 0.25) is 0 Å². The third-order valence-corrected chi connectivity index (χ3v) is 4.58. The van der Waals surface area contributed by atoms with Crippen LogP contribution in [0.1, 0.15) is 18.9 Å². The molecule has 20 heavy (non-hydrogen) atoms. The van der Waals surface area contributed by atoms with E-state index in [2.05, 4.69) is 4.72 Å². The number of rotatable bonds is 7. The maximum Gasteiger partial charge on any atom is 0.322 e. The van der Waals surface area contributed by atoms with Crippen LogP contribution in [0.4, 0.5) is 0 Å². The zero-order chi connectivity index (χ0) is 15.2. The van der Waals surface area contributed by atoms with E-state index >= 15 is 0 Å². The maximum absolute atomic E-state index is 11.9. The molecule has 0 saturated carbocycles. The van der Waals surface area contributed by atoms with E-state index in [-0.39, 0.29) is 12.8 Å². The average molecular weight is 296 g/mol. The molecule has 0 amide bonds. The second-order valence-corrected chi connectivity index (χ2v) is 6.16. The SMILES string of the molecule is CCC(C#N)S(=O)(=O)N[C@@H](Cc1ccccc1)C(=O)O. The fraction of sp³-hybridized carbons (Fsp3) is 0.385. The number of carboxylic acid groups (broad SMARTS) is 1. The van der Waals surface area contributed by atoms with Crippen molar-refractivity contribution in [1.82, 2.24) is 4.72 Å².